The van der Waals surface area contributed by atoms with E-state index in [9.17, 15) is 9.59 Å². The fourth-order valence-electron chi connectivity index (χ4n) is 3.46. The van der Waals surface area contributed by atoms with Crippen LogP contribution in [0.2, 0.25) is 0 Å². The number of ether oxygens (including phenoxy) is 1. The minimum absolute atomic E-state index is 0.0530. The van der Waals surface area contributed by atoms with Crippen LogP contribution in [-0.4, -0.2) is 42.0 Å². The average molecular weight is 409 g/mol. The van der Waals surface area contributed by atoms with Crippen molar-refractivity contribution in [2.75, 3.05) is 13.1 Å². The molecule has 0 saturated carbocycles. The summed E-state index contributed by atoms with van der Waals surface area (Å²) in [5.41, 5.74) is 1.84. The number of hydrogen-bond donors (Lipinski definition) is 3. The van der Waals surface area contributed by atoms with Crippen molar-refractivity contribution in [1.82, 2.24) is 15.5 Å². The predicted molar refractivity (Wildman–Crippen MR) is 115 cm³/mol. The Morgan fingerprint density at radius 1 is 0.933 bits per heavy atom. The van der Waals surface area contributed by atoms with Crippen LogP contribution in [0.1, 0.15) is 30.4 Å². The van der Waals surface area contributed by atoms with Crippen LogP contribution in [0.15, 0.2) is 60.7 Å². The average Bonchev–Trinajstić information content (AvgIpc) is 2.79. The SMILES string of the molecule is N=C(NC(=O)OCc1ccccc1)N[C@@H](Cc1ccccc1)C(=O)N1CCCCC1. The van der Waals surface area contributed by atoms with E-state index < -0.39 is 12.1 Å². The maximum Gasteiger partial charge on any atom is 0.414 e. The van der Waals surface area contributed by atoms with Gasteiger partial charge in [0.15, 0.2) is 5.96 Å². The second-order valence-corrected chi connectivity index (χ2v) is 7.33. The molecule has 3 rings (SSSR count). The number of rotatable bonds is 6. The Morgan fingerprint density at radius 3 is 2.17 bits per heavy atom. The Labute approximate surface area is 176 Å². The number of nitrogens with one attached hydrogen (secondary N) is 3. The lowest BCUT2D eigenvalue weighted by molar-refractivity contribution is -0.134. The number of hydrogen-bond acceptors (Lipinski definition) is 4. The molecule has 2 aromatic rings. The van der Waals surface area contributed by atoms with E-state index in [2.05, 4.69) is 10.6 Å². The molecule has 3 N–H and O–H groups in total. The fourth-order valence-corrected chi connectivity index (χ4v) is 3.46. The van der Waals surface area contributed by atoms with E-state index in [1.165, 1.54) is 0 Å². The quantitative estimate of drug-likeness (QED) is 0.506. The molecule has 1 saturated heterocycles. The van der Waals surface area contributed by atoms with E-state index in [4.69, 9.17) is 10.1 Å². The molecule has 0 aromatic heterocycles. The molecule has 158 valence electrons. The zero-order valence-corrected chi connectivity index (χ0v) is 17.0. The van der Waals surface area contributed by atoms with Crippen LogP contribution in [0.5, 0.6) is 0 Å². The van der Waals surface area contributed by atoms with E-state index in [1.807, 2.05) is 65.6 Å². The van der Waals surface area contributed by atoms with Gasteiger partial charge in [-0.15, -0.1) is 0 Å². The largest absolute Gasteiger partial charge is 0.444 e. The molecule has 0 bridgehead atoms. The third-order valence-electron chi connectivity index (χ3n) is 5.01. The van der Waals surface area contributed by atoms with Crippen molar-refractivity contribution in [3.63, 3.8) is 0 Å². The van der Waals surface area contributed by atoms with E-state index in [0.717, 1.165) is 43.5 Å². The predicted octanol–water partition coefficient (Wildman–Crippen LogP) is 3.06. The molecule has 1 fully saturated rings. The Balaban J connectivity index is 1.57. The summed E-state index contributed by atoms with van der Waals surface area (Å²) in [5, 5.41) is 13.3. The molecule has 1 heterocycles. The number of piperidine rings is 1. The highest BCUT2D eigenvalue weighted by atomic mass is 16.5. The highest BCUT2D eigenvalue weighted by molar-refractivity contribution is 5.95. The first-order valence-corrected chi connectivity index (χ1v) is 10.3. The number of nitrogens with zero attached hydrogens (tertiary/aromatic N) is 1. The maximum atomic E-state index is 13.1. The zero-order valence-electron chi connectivity index (χ0n) is 17.0. The van der Waals surface area contributed by atoms with Gasteiger partial charge in [-0.2, -0.15) is 0 Å². The van der Waals surface area contributed by atoms with Crippen LogP contribution in [0, 0.1) is 5.41 Å². The van der Waals surface area contributed by atoms with E-state index in [1.54, 1.807) is 0 Å². The minimum atomic E-state index is -0.736. The summed E-state index contributed by atoms with van der Waals surface area (Å²) in [6, 6.07) is 18.3. The van der Waals surface area contributed by atoms with Gasteiger partial charge in [0.25, 0.3) is 0 Å². The second kappa shape index (κ2) is 11.0. The van der Waals surface area contributed by atoms with Gasteiger partial charge in [-0.25, -0.2) is 4.79 Å². The van der Waals surface area contributed by atoms with Gasteiger partial charge in [-0.1, -0.05) is 60.7 Å². The van der Waals surface area contributed by atoms with E-state index >= 15 is 0 Å². The first-order valence-electron chi connectivity index (χ1n) is 10.3. The Bertz CT molecular complexity index is 836. The van der Waals surface area contributed by atoms with Crippen molar-refractivity contribution in [3.05, 3.63) is 71.8 Å². The second-order valence-electron chi connectivity index (χ2n) is 7.33. The summed E-state index contributed by atoms with van der Waals surface area (Å²) in [6.45, 7) is 1.57. The zero-order chi connectivity index (χ0) is 21.2. The summed E-state index contributed by atoms with van der Waals surface area (Å²) in [6.07, 6.45) is 2.81. The Kier molecular flexibility index (Phi) is 7.83. The molecule has 7 heteroatoms. The van der Waals surface area contributed by atoms with Crippen LogP contribution >= 0.6 is 0 Å². The van der Waals surface area contributed by atoms with Crippen molar-refractivity contribution in [2.45, 2.75) is 38.3 Å². The van der Waals surface area contributed by atoms with Gasteiger partial charge < -0.3 is 15.0 Å². The summed E-state index contributed by atoms with van der Waals surface area (Å²) < 4.78 is 5.15. The normalized spacial score (nSPS) is 14.5. The minimum Gasteiger partial charge on any atom is -0.444 e. The van der Waals surface area contributed by atoms with Crippen LogP contribution in [0.3, 0.4) is 0 Å². The van der Waals surface area contributed by atoms with Crippen molar-refractivity contribution >= 4 is 18.0 Å². The van der Waals surface area contributed by atoms with Crippen molar-refractivity contribution in [2.24, 2.45) is 0 Å². The van der Waals surface area contributed by atoms with Crippen LogP contribution in [0.4, 0.5) is 4.79 Å². The monoisotopic (exact) mass is 408 g/mol. The summed E-state index contributed by atoms with van der Waals surface area (Å²) in [5.74, 6) is -0.304. The smallest absolute Gasteiger partial charge is 0.414 e. The topological polar surface area (TPSA) is 94.5 Å². The van der Waals surface area contributed by atoms with Gasteiger partial charge in [0.05, 0.1) is 0 Å². The molecule has 1 atom stereocenters. The number of guanidine groups is 1. The number of amides is 2. The fraction of sp³-hybridized carbons (Fsp3) is 0.348. The maximum absolute atomic E-state index is 13.1. The standard InChI is InChI=1S/C23H28N4O3/c24-22(26-23(29)30-17-19-12-6-2-7-13-19)25-20(16-18-10-4-1-5-11-18)21(28)27-14-8-3-9-15-27/h1-2,4-7,10-13,20H,3,8-9,14-17H2,(H3,24,25,26,29)/t20-/m0/s1. The lowest BCUT2D eigenvalue weighted by Crippen LogP contribution is -2.54. The first-order chi connectivity index (χ1) is 14.6. The molecular formula is C23H28N4O3. The molecule has 2 amide bonds. The number of carbonyl (C=O) groups is 2. The molecule has 1 aliphatic heterocycles. The number of carbonyl (C=O) groups excluding carboxylic acids is 2. The Morgan fingerprint density at radius 2 is 1.53 bits per heavy atom. The first kappa shape index (κ1) is 21.4. The van der Waals surface area contributed by atoms with Gasteiger partial charge >= 0.3 is 6.09 Å². The molecule has 0 radical (unpaired) electrons. The molecule has 0 unspecified atom stereocenters. The van der Waals surface area contributed by atoms with E-state index in [0.29, 0.717) is 6.42 Å². The summed E-state index contributed by atoms with van der Waals surface area (Å²) >= 11 is 0. The molecule has 0 spiro atoms. The highest BCUT2D eigenvalue weighted by Gasteiger charge is 2.27. The van der Waals surface area contributed by atoms with Crippen LogP contribution in [-0.2, 0) is 22.6 Å². The van der Waals surface area contributed by atoms with Crippen molar-refractivity contribution in [3.8, 4) is 0 Å². The molecular weight excluding hydrogens is 380 g/mol. The van der Waals surface area contributed by atoms with Crippen LogP contribution in [0.25, 0.3) is 0 Å². The van der Waals surface area contributed by atoms with Crippen molar-refractivity contribution < 1.29 is 14.3 Å². The van der Waals surface area contributed by atoms with Gasteiger partial charge in [-0.3, -0.25) is 15.5 Å². The van der Waals surface area contributed by atoms with Gasteiger partial charge in [0, 0.05) is 19.5 Å². The van der Waals surface area contributed by atoms with Gasteiger partial charge in [-0.05, 0) is 30.4 Å². The summed E-state index contributed by atoms with van der Waals surface area (Å²) in [7, 11) is 0. The Hall–Kier alpha value is -3.35. The highest BCUT2D eigenvalue weighted by Crippen LogP contribution is 2.12. The lowest BCUT2D eigenvalue weighted by atomic mass is 10.0. The number of benzene rings is 2. The summed E-state index contributed by atoms with van der Waals surface area (Å²) in [4.78, 5) is 26.9. The molecule has 1 aliphatic rings. The van der Waals surface area contributed by atoms with Crippen molar-refractivity contribution in [1.29, 1.82) is 5.41 Å². The third kappa shape index (κ3) is 6.62. The van der Waals surface area contributed by atoms with Gasteiger partial charge in [0.2, 0.25) is 5.91 Å². The van der Waals surface area contributed by atoms with E-state index in [-0.39, 0.29) is 18.5 Å². The number of likely N-dealkylation sites (tertiary alicyclic amines) is 1. The third-order valence-corrected chi connectivity index (χ3v) is 5.01. The molecule has 30 heavy (non-hydrogen) atoms. The lowest BCUT2D eigenvalue weighted by Gasteiger charge is -2.31. The van der Waals surface area contributed by atoms with Crippen LogP contribution < -0.4 is 10.6 Å². The van der Waals surface area contributed by atoms with Gasteiger partial charge in [0.1, 0.15) is 12.6 Å². The molecule has 7 nitrogen and oxygen atoms in total. The molecule has 0 aliphatic carbocycles. The molecule has 2 aromatic carbocycles. The number of alkyl carbamates (subject to hydrolysis) is 1.